The number of anilines is 1. The summed E-state index contributed by atoms with van der Waals surface area (Å²) in [5.41, 5.74) is 0.904. The van der Waals surface area contributed by atoms with Crippen LogP contribution in [0.4, 0.5) is 5.69 Å². The Morgan fingerprint density at radius 2 is 2.05 bits per heavy atom. The van der Waals surface area contributed by atoms with Gasteiger partial charge in [-0.05, 0) is 48.4 Å². The van der Waals surface area contributed by atoms with Crippen molar-refractivity contribution in [3.05, 3.63) is 46.3 Å². The van der Waals surface area contributed by atoms with Crippen molar-refractivity contribution in [2.45, 2.75) is 19.9 Å². The smallest absolute Gasteiger partial charge is 0.193 e. The number of nitrogens with one attached hydrogen (secondary N) is 1. The van der Waals surface area contributed by atoms with E-state index in [-0.39, 0.29) is 0 Å². The van der Waals surface area contributed by atoms with Gasteiger partial charge in [-0.1, -0.05) is 18.5 Å². The average Bonchev–Trinajstić information content (AvgIpc) is 2.81. The Bertz CT molecular complexity index is 540. The van der Waals surface area contributed by atoms with Crippen LogP contribution in [-0.2, 0) is 6.54 Å². The molecule has 0 aliphatic rings. The van der Waals surface area contributed by atoms with Gasteiger partial charge in [0.1, 0.15) is 11.5 Å². The summed E-state index contributed by atoms with van der Waals surface area (Å²) in [6.07, 6.45) is 0.954. The zero-order valence-corrected chi connectivity index (χ0v) is 12.1. The van der Waals surface area contributed by atoms with Crippen LogP contribution in [0, 0.1) is 0 Å². The SMILES string of the molecule is CCCOc1ccc(NCc2ccc(Cl)o2)cc1Cl. The minimum absolute atomic E-state index is 0.387. The Kier molecular flexibility index (Phi) is 5.00. The summed E-state index contributed by atoms with van der Waals surface area (Å²) in [7, 11) is 0. The van der Waals surface area contributed by atoms with Crippen LogP contribution < -0.4 is 10.1 Å². The molecule has 0 saturated heterocycles. The molecular weight excluding hydrogens is 285 g/mol. The first-order valence-corrected chi connectivity index (χ1v) is 6.85. The highest BCUT2D eigenvalue weighted by atomic mass is 35.5. The molecule has 2 rings (SSSR count). The Balaban J connectivity index is 1.95. The average molecular weight is 300 g/mol. The maximum absolute atomic E-state index is 6.14. The van der Waals surface area contributed by atoms with E-state index >= 15 is 0 Å². The van der Waals surface area contributed by atoms with Crippen molar-refractivity contribution in [1.29, 1.82) is 0 Å². The van der Waals surface area contributed by atoms with Crippen LogP contribution in [0.5, 0.6) is 5.75 Å². The quantitative estimate of drug-likeness (QED) is 0.816. The third kappa shape index (κ3) is 4.08. The van der Waals surface area contributed by atoms with Gasteiger partial charge < -0.3 is 14.5 Å². The lowest BCUT2D eigenvalue weighted by molar-refractivity contribution is 0.317. The molecule has 0 spiro atoms. The molecule has 0 saturated carbocycles. The van der Waals surface area contributed by atoms with E-state index in [1.807, 2.05) is 24.3 Å². The fraction of sp³-hybridized carbons (Fsp3) is 0.286. The van der Waals surface area contributed by atoms with Gasteiger partial charge in [0, 0.05) is 5.69 Å². The molecule has 1 aromatic carbocycles. The molecule has 3 nitrogen and oxygen atoms in total. The minimum Gasteiger partial charge on any atom is -0.492 e. The molecule has 19 heavy (non-hydrogen) atoms. The summed E-state index contributed by atoms with van der Waals surface area (Å²) < 4.78 is 10.8. The fourth-order valence-corrected chi connectivity index (χ4v) is 1.97. The fourth-order valence-electron chi connectivity index (χ4n) is 1.58. The normalized spacial score (nSPS) is 10.5. The predicted octanol–water partition coefficient (Wildman–Crippen LogP) is 4.99. The molecule has 0 amide bonds. The number of halogens is 2. The van der Waals surface area contributed by atoms with Gasteiger partial charge in [-0.15, -0.1) is 0 Å². The van der Waals surface area contributed by atoms with Crippen molar-refractivity contribution in [3.8, 4) is 5.75 Å². The summed E-state index contributed by atoms with van der Waals surface area (Å²) in [4.78, 5) is 0. The van der Waals surface area contributed by atoms with Gasteiger partial charge >= 0.3 is 0 Å². The first kappa shape index (κ1) is 14.1. The van der Waals surface area contributed by atoms with E-state index in [0.29, 0.717) is 29.1 Å². The van der Waals surface area contributed by atoms with Crippen molar-refractivity contribution in [2.24, 2.45) is 0 Å². The summed E-state index contributed by atoms with van der Waals surface area (Å²) in [6.45, 7) is 3.27. The molecule has 0 fully saturated rings. The second-order valence-corrected chi connectivity index (χ2v) is 4.83. The maximum atomic E-state index is 6.14. The maximum Gasteiger partial charge on any atom is 0.193 e. The molecule has 2 aromatic rings. The molecular formula is C14H15Cl2NO2. The van der Waals surface area contributed by atoms with E-state index in [1.54, 1.807) is 6.07 Å². The van der Waals surface area contributed by atoms with Gasteiger partial charge in [0.15, 0.2) is 5.22 Å². The van der Waals surface area contributed by atoms with Crippen LogP contribution in [0.15, 0.2) is 34.7 Å². The monoisotopic (exact) mass is 299 g/mol. The van der Waals surface area contributed by atoms with Gasteiger partial charge in [0.25, 0.3) is 0 Å². The molecule has 0 unspecified atom stereocenters. The third-order valence-electron chi connectivity index (χ3n) is 2.49. The summed E-state index contributed by atoms with van der Waals surface area (Å²) in [6, 6.07) is 9.15. The Morgan fingerprint density at radius 3 is 2.68 bits per heavy atom. The van der Waals surface area contributed by atoms with Crippen molar-refractivity contribution < 1.29 is 9.15 Å². The van der Waals surface area contributed by atoms with Gasteiger partial charge in [-0.2, -0.15) is 0 Å². The standard InChI is InChI=1S/C14H15Cl2NO2/c1-2-7-18-13-5-3-10(8-12(13)15)17-9-11-4-6-14(16)19-11/h3-6,8,17H,2,7,9H2,1H3. The second-order valence-electron chi connectivity index (χ2n) is 4.05. The van der Waals surface area contributed by atoms with Crippen LogP contribution in [0.25, 0.3) is 0 Å². The highest BCUT2D eigenvalue weighted by molar-refractivity contribution is 6.32. The zero-order valence-electron chi connectivity index (χ0n) is 10.6. The molecule has 102 valence electrons. The Morgan fingerprint density at radius 1 is 1.21 bits per heavy atom. The first-order valence-electron chi connectivity index (χ1n) is 6.09. The highest BCUT2D eigenvalue weighted by Gasteiger charge is 2.04. The topological polar surface area (TPSA) is 34.4 Å². The number of ether oxygens (including phenoxy) is 1. The first-order chi connectivity index (χ1) is 9.19. The van der Waals surface area contributed by atoms with Crippen molar-refractivity contribution in [2.75, 3.05) is 11.9 Å². The lowest BCUT2D eigenvalue weighted by Gasteiger charge is -2.09. The van der Waals surface area contributed by atoms with Crippen molar-refractivity contribution in [3.63, 3.8) is 0 Å². The van der Waals surface area contributed by atoms with E-state index in [9.17, 15) is 0 Å². The third-order valence-corrected chi connectivity index (χ3v) is 2.99. The molecule has 5 heteroatoms. The Hall–Kier alpha value is -1.32. The number of hydrogen-bond donors (Lipinski definition) is 1. The molecule has 0 aliphatic heterocycles. The largest absolute Gasteiger partial charge is 0.492 e. The summed E-state index contributed by atoms with van der Waals surface area (Å²) >= 11 is 11.8. The van der Waals surface area contributed by atoms with Crippen LogP contribution in [0.3, 0.4) is 0 Å². The van der Waals surface area contributed by atoms with E-state index in [4.69, 9.17) is 32.4 Å². The number of rotatable bonds is 6. The minimum atomic E-state index is 0.387. The molecule has 1 N–H and O–H groups in total. The van der Waals surface area contributed by atoms with Gasteiger partial charge in [0.05, 0.1) is 18.2 Å². The van der Waals surface area contributed by atoms with Crippen LogP contribution in [-0.4, -0.2) is 6.61 Å². The number of furan rings is 1. The van der Waals surface area contributed by atoms with Gasteiger partial charge in [0.2, 0.25) is 0 Å². The number of hydrogen-bond acceptors (Lipinski definition) is 3. The van der Waals surface area contributed by atoms with E-state index in [1.165, 1.54) is 0 Å². The highest BCUT2D eigenvalue weighted by Crippen LogP contribution is 2.28. The predicted molar refractivity (Wildman–Crippen MR) is 78.3 cm³/mol. The molecule has 1 heterocycles. The molecule has 0 aliphatic carbocycles. The Labute approximate surface area is 122 Å². The molecule has 1 aromatic heterocycles. The van der Waals surface area contributed by atoms with Crippen LogP contribution >= 0.6 is 23.2 Å². The van der Waals surface area contributed by atoms with E-state index in [2.05, 4.69) is 12.2 Å². The van der Waals surface area contributed by atoms with E-state index < -0.39 is 0 Å². The molecule has 0 radical (unpaired) electrons. The lowest BCUT2D eigenvalue weighted by Crippen LogP contribution is -1.99. The lowest BCUT2D eigenvalue weighted by atomic mass is 10.3. The van der Waals surface area contributed by atoms with Crippen LogP contribution in [0.2, 0.25) is 10.2 Å². The summed E-state index contributed by atoms with van der Waals surface area (Å²) in [5, 5.41) is 4.19. The summed E-state index contributed by atoms with van der Waals surface area (Å²) in [5.74, 6) is 1.47. The van der Waals surface area contributed by atoms with Crippen molar-refractivity contribution in [1.82, 2.24) is 0 Å². The van der Waals surface area contributed by atoms with E-state index in [0.717, 1.165) is 17.9 Å². The van der Waals surface area contributed by atoms with Crippen molar-refractivity contribution >= 4 is 28.9 Å². The molecule has 0 bridgehead atoms. The zero-order chi connectivity index (χ0) is 13.7. The second kappa shape index (κ2) is 6.73. The number of benzene rings is 1. The van der Waals surface area contributed by atoms with Gasteiger partial charge in [-0.25, -0.2) is 0 Å². The van der Waals surface area contributed by atoms with Gasteiger partial charge in [-0.3, -0.25) is 0 Å². The molecule has 0 atom stereocenters. The van der Waals surface area contributed by atoms with Crippen LogP contribution in [0.1, 0.15) is 19.1 Å².